The third-order valence-corrected chi connectivity index (χ3v) is 6.43. The fourth-order valence-electron chi connectivity index (χ4n) is 3.96. The molecular formula is C24H24N4O3S. The third kappa shape index (κ3) is 3.99. The summed E-state index contributed by atoms with van der Waals surface area (Å²) in [7, 11) is 0. The molecule has 1 aliphatic heterocycles. The molecule has 0 atom stereocenters. The number of benzene rings is 2. The van der Waals surface area contributed by atoms with Gasteiger partial charge in [-0.3, -0.25) is 4.90 Å². The second-order valence-electron chi connectivity index (χ2n) is 7.99. The Morgan fingerprint density at radius 2 is 1.81 bits per heavy atom. The highest BCUT2D eigenvalue weighted by atomic mass is 32.1. The molecule has 0 saturated carbocycles. The van der Waals surface area contributed by atoms with Gasteiger partial charge >= 0.3 is 0 Å². The van der Waals surface area contributed by atoms with E-state index in [0.717, 1.165) is 52.6 Å². The van der Waals surface area contributed by atoms with Gasteiger partial charge in [0.05, 0.1) is 11.3 Å². The van der Waals surface area contributed by atoms with Crippen LogP contribution in [0.5, 0.6) is 11.5 Å². The molecule has 0 amide bonds. The van der Waals surface area contributed by atoms with E-state index in [9.17, 15) is 5.11 Å². The monoisotopic (exact) mass is 448 g/mol. The highest BCUT2D eigenvalue weighted by Gasteiger charge is 2.28. The van der Waals surface area contributed by atoms with Gasteiger partial charge in [-0.2, -0.15) is 0 Å². The van der Waals surface area contributed by atoms with E-state index in [1.165, 1.54) is 18.0 Å². The van der Waals surface area contributed by atoms with Gasteiger partial charge in [-0.05, 0) is 73.4 Å². The molecule has 0 bridgehead atoms. The van der Waals surface area contributed by atoms with Gasteiger partial charge in [0.2, 0.25) is 0 Å². The fourth-order valence-corrected chi connectivity index (χ4v) is 4.60. The van der Waals surface area contributed by atoms with Gasteiger partial charge in [-0.25, -0.2) is 0 Å². The Hall–Kier alpha value is -3.23. The van der Waals surface area contributed by atoms with Crippen LogP contribution < -0.4 is 4.74 Å². The second-order valence-corrected chi connectivity index (χ2v) is 8.75. The molecule has 3 heterocycles. The highest BCUT2D eigenvalue weighted by Crippen LogP contribution is 2.42. The van der Waals surface area contributed by atoms with Crippen molar-refractivity contribution in [2.45, 2.75) is 26.4 Å². The van der Waals surface area contributed by atoms with Crippen LogP contribution in [-0.4, -0.2) is 50.5 Å². The lowest BCUT2D eigenvalue weighted by molar-refractivity contribution is 0.0203. The van der Waals surface area contributed by atoms with Gasteiger partial charge in [0.25, 0.3) is 0 Å². The third-order valence-electron chi connectivity index (χ3n) is 5.60. The smallest absolute Gasteiger partial charge is 0.175 e. The molecule has 0 aliphatic carbocycles. The van der Waals surface area contributed by atoms with E-state index < -0.39 is 0 Å². The lowest BCUT2D eigenvalue weighted by Crippen LogP contribution is -2.53. The summed E-state index contributed by atoms with van der Waals surface area (Å²) in [6, 6.07) is 15.0. The number of hydrogen-bond donors (Lipinski definition) is 1. The van der Waals surface area contributed by atoms with Crippen LogP contribution in [0, 0.1) is 6.92 Å². The minimum Gasteiger partial charge on any atom is -0.508 e. The summed E-state index contributed by atoms with van der Waals surface area (Å²) in [5.74, 6) is 1.69. The summed E-state index contributed by atoms with van der Waals surface area (Å²) < 4.78 is 16.0. The van der Waals surface area contributed by atoms with Crippen LogP contribution in [-0.2, 0) is 0 Å². The first-order valence-electron chi connectivity index (χ1n) is 10.7. The number of phenols is 1. The Morgan fingerprint density at radius 3 is 2.47 bits per heavy atom. The highest BCUT2D eigenvalue weighted by molar-refractivity contribution is 7.09. The number of hydrogen-bond acceptors (Lipinski definition) is 8. The number of nitrogens with zero attached hydrogens (tertiary/aromatic N) is 4. The lowest BCUT2D eigenvalue weighted by Gasteiger charge is -2.38. The van der Waals surface area contributed by atoms with Crippen molar-refractivity contribution in [3.8, 4) is 44.5 Å². The van der Waals surface area contributed by atoms with Crippen molar-refractivity contribution in [3.63, 3.8) is 0 Å². The molecule has 164 valence electrons. The first kappa shape index (κ1) is 20.7. The van der Waals surface area contributed by atoms with Gasteiger partial charge in [-0.1, -0.05) is 28.7 Å². The van der Waals surface area contributed by atoms with Crippen LogP contribution in [0.25, 0.3) is 33.0 Å². The van der Waals surface area contributed by atoms with Crippen LogP contribution in [0.4, 0.5) is 0 Å². The van der Waals surface area contributed by atoms with Crippen LogP contribution in [0.3, 0.4) is 0 Å². The van der Waals surface area contributed by atoms with Gasteiger partial charge in [0, 0.05) is 18.7 Å². The predicted octanol–water partition coefficient (Wildman–Crippen LogP) is 5.01. The molecule has 7 nitrogen and oxygen atoms in total. The Labute approximate surface area is 190 Å². The maximum atomic E-state index is 9.68. The Kier molecular flexibility index (Phi) is 5.63. The zero-order valence-electron chi connectivity index (χ0n) is 18.0. The zero-order chi connectivity index (χ0) is 22.1. The summed E-state index contributed by atoms with van der Waals surface area (Å²) in [5.41, 5.74) is 4.18. The van der Waals surface area contributed by atoms with Crippen LogP contribution in [0.2, 0.25) is 0 Å². The van der Waals surface area contributed by atoms with Crippen molar-refractivity contribution in [1.29, 1.82) is 0 Å². The zero-order valence-corrected chi connectivity index (χ0v) is 18.8. The number of aromatic nitrogens is 3. The summed E-state index contributed by atoms with van der Waals surface area (Å²) >= 11 is 1.30. The fraction of sp³-hybridized carbons (Fsp3) is 0.292. The topological polar surface area (TPSA) is 84.5 Å². The number of aromatic hydroxyl groups is 1. The Morgan fingerprint density at radius 1 is 1.09 bits per heavy atom. The van der Waals surface area contributed by atoms with Crippen molar-refractivity contribution < 1.29 is 14.4 Å². The van der Waals surface area contributed by atoms with Gasteiger partial charge in [0.1, 0.15) is 28.2 Å². The molecule has 5 rings (SSSR count). The van der Waals surface area contributed by atoms with E-state index in [-0.39, 0.29) is 11.9 Å². The van der Waals surface area contributed by atoms with Crippen molar-refractivity contribution >= 4 is 11.5 Å². The minimum atomic E-state index is 0.201. The van der Waals surface area contributed by atoms with Crippen molar-refractivity contribution in [1.82, 2.24) is 19.6 Å². The Bertz CT molecular complexity index is 1190. The lowest BCUT2D eigenvalue weighted by atomic mass is 9.98. The van der Waals surface area contributed by atoms with E-state index in [1.807, 2.05) is 43.3 Å². The van der Waals surface area contributed by atoms with Gasteiger partial charge < -0.3 is 14.4 Å². The molecule has 4 aromatic rings. The van der Waals surface area contributed by atoms with Crippen molar-refractivity contribution in [2.75, 3.05) is 19.6 Å². The summed E-state index contributed by atoms with van der Waals surface area (Å²) in [4.78, 5) is 3.28. The van der Waals surface area contributed by atoms with Crippen LogP contribution in [0.1, 0.15) is 19.0 Å². The standard InChI is InChI=1S/C24H24N4O3S/c1-3-12-28-13-20(14-28)30-19-10-6-16(7-11-19)21-22(24-15(2)25-27-32-24)26-31-23(21)17-4-8-18(29)9-5-17/h4-11,20,29H,3,12-14H2,1-2H3. The number of rotatable bonds is 7. The van der Waals surface area contributed by atoms with Crippen molar-refractivity contribution in [2.24, 2.45) is 0 Å². The maximum Gasteiger partial charge on any atom is 0.175 e. The molecule has 0 spiro atoms. The summed E-state index contributed by atoms with van der Waals surface area (Å²) in [6.07, 6.45) is 1.41. The average Bonchev–Trinajstić information content (AvgIpc) is 3.39. The summed E-state index contributed by atoms with van der Waals surface area (Å²) in [6.45, 7) is 7.19. The first-order chi connectivity index (χ1) is 15.6. The molecule has 8 heteroatoms. The Balaban J connectivity index is 1.47. The van der Waals surface area contributed by atoms with E-state index in [2.05, 4.69) is 26.6 Å². The number of phenolic OH excluding ortho intramolecular Hbond substituents is 1. The van der Waals surface area contributed by atoms with E-state index >= 15 is 0 Å². The number of aryl methyl sites for hydroxylation is 1. The molecule has 2 aromatic heterocycles. The van der Waals surface area contributed by atoms with E-state index in [4.69, 9.17) is 9.26 Å². The van der Waals surface area contributed by atoms with Crippen LogP contribution in [0.15, 0.2) is 53.1 Å². The SMILES string of the molecule is CCCN1CC(Oc2ccc(-c3c(-c4snnc4C)noc3-c3ccc(O)cc3)cc2)C1. The largest absolute Gasteiger partial charge is 0.508 e. The summed E-state index contributed by atoms with van der Waals surface area (Å²) in [5, 5.41) is 18.2. The van der Waals surface area contributed by atoms with E-state index in [1.54, 1.807) is 12.1 Å². The second kappa shape index (κ2) is 8.72. The predicted molar refractivity (Wildman–Crippen MR) is 124 cm³/mol. The quantitative estimate of drug-likeness (QED) is 0.425. The maximum absolute atomic E-state index is 9.68. The normalized spacial score (nSPS) is 14.4. The van der Waals surface area contributed by atoms with Gasteiger partial charge in [-0.15, -0.1) is 5.10 Å². The average molecular weight is 449 g/mol. The molecule has 0 unspecified atom stereocenters. The molecule has 2 aromatic carbocycles. The molecule has 1 fully saturated rings. The first-order valence-corrected chi connectivity index (χ1v) is 11.5. The number of ether oxygens (including phenoxy) is 1. The minimum absolute atomic E-state index is 0.201. The molecule has 1 N–H and O–H groups in total. The molecular weight excluding hydrogens is 424 g/mol. The van der Waals surface area contributed by atoms with E-state index in [0.29, 0.717) is 11.5 Å². The van der Waals surface area contributed by atoms with Crippen molar-refractivity contribution in [3.05, 3.63) is 54.2 Å². The molecule has 32 heavy (non-hydrogen) atoms. The molecule has 1 aliphatic rings. The molecule has 0 radical (unpaired) electrons. The number of likely N-dealkylation sites (tertiary alicyclic amines) is 1. The van der Waals surface area contributed by atoms with Gasteiger partial charge in [0.15, 0.2) is 5.76 Å². The molecule has 1 saturated heterocycles. The van der Waals surface area contributed by atoms with Crippen LogP contribution >= 0.6 is 11.5 Å².